The molecule has 0 radical (unpaired) electrons. The summed E-state index contributed by atoms with van der Waals surface area (Å²) in [4.78, 5) is 38.4. The molecule has 3 rings (SSSR count). The largest absolute Gasteiger partial charge is 0.506 e. The molecule has 0 saturated heterocycles. The van der Waals surface area contributed by atoms with Crippen LogP contribution in [0.1, 0.15) is 42.6 Å². The van der Waals surface area contributed by atoms with Gasteiger partial charge in [-0.05, 0) is 37.6 Å². The maximum atomic E-state index is 13.4. The highest BCUT2D eigenvalue weighted by Gasteiger charge is 2.25. The second kappa shape index (κ2) is 9.26. The van der Waals surface area contributed by atoms with E-state index in [2.05, 4.69) is 5.32 Å². The molecule has 2 N–H and O–H groups in total. The molecule has 156 valence electrons. The Morgan fingerprint density at radius 3 is 2.50 bits per heavy atom. The zero-order valence-corrected chi connectivity index (χ0v) is 17.0. The summed E-state index contributed by atoms with van der Waals surface area (Å²) in [5, 5.41) is 13.8. The van der Waals surface area contributed by atoms with E-state index in [1.54, 1.807) is 43.3 Å². The van der Waals surface area contributed by atoms with Crippen LogP contribution in [0.25, 0.3) is 10.9 Å². The van der Waals surface area contributed by atoms with Gasteiger partial charge in [-0.15, -0.1) is 0 Å². The van der Waals surface area contributed by atoms with Crippen LogP contribution in [0.3, 0.4) is 0 Å². The fourth-order valence-corrected chi connectivity index (χ4v) is 3.33. The summed E-state index contributed by atoms with van der Waals surface area (Å²) in [6.07, 6.45) is 0.918. The molecule has 7 heteroatoms. The van der Waals surface area contributed by atoms with Crippen LogP contribution in [0.4, 0.5) is 10.5 Å². The predicted molar refractivity (Wildman–Crippen MR) is 115 cm³/mol. The fraction of sp³-hybridized carbons (Fsp3) is 0.261. The Kier molecular flexibility index (Phi) is 6.51. The van der Waals surface area contributed by atoms with Gasteiger partial charge in [-0.1, -0.05) is 37.6 Å². The minimum absolute atomic E-state index is 0.0928. The second-order valence-electron chi connectivity index (χ2n) is 6.77. The predicted octanol–water partition coefficient (Wildman–Crippen LogP) is 4.31. The van der Waals surface area contributed by atoms with Gasteiger partial charge < -0.3 is 14.4 Å². The smallest absolute Gasteiger partial charge is 0.411 e. The number of anilines is 1. The Morgan fingerprint density at radius 2 is 1.77 bits per heavy atom. The zero-order valence-electron chi connectivity index (χ0n) is 17.0. The maximum Gasteiger partial charge on any atom is 0.411 e. The van der Waals surface area contributed by atoms with Gasteiger partial charge in [0, 0.05) is 17.5 Å². The van der Waals surface area contributed by atoms with E-state index >= 15 is 0 Å². The number of hydrogen-bond acceptors (Lipinski definition) is 5. The number of carbonyl (C=O) groups is 2. The monoisotopic (exact) mass is 408 g/mol. The number of hydrogen-bond donors (Lipinski definition) is 2. The molecule has 0 atom stereocenters. The topological polar surface area (TPSA) is 97.6 Å². The molecule has 0 aliphatic heterocycles. The minimum atomic E-state index is -0.708. The number of fused-ring (bicyclic) bond motifs is 1. The molecule has 3 aromatic rings. The quantitative estimate of drug-likeness (QED) is 0.568. The molecular formula is C23H24N2O5. The Labute approximate surface area is 173 Å². The highest BCUT2D eigenvalue weighted by molar-refractivity contribution is 6.16. The number of aryl methyl sites for hydroxylation is 1. The molecule has 0 fully saturated rings. The summed E-state index contributed by atoms with van der Waals surface area (Å²) in [5.41, 5.74) is -0.00951. The van der Waals surface area contributed by atoms with Crippen LogP contribution in [-0.2, 0) is 11.3 Å². The van der Waals surface area contributed by atoms with Crippen molar-refractivity contribution in [2.45, 2.75) is 33.2 Å². The normalized spacial score (nSPS) is 10.7. The van der Waals surface area contributed by atoms with Crippen LogP contribution >= 0.6 is 0 Å². The molecule has 2 aromatic carbocycles. The molecule has 0 aliphatic rings. The standard InChI is InChI=1S/C23H24N2O5/c1-3-5-14-25-18-13-9-7-11-16(18)21(27)19(22(25)28)20(26)15-10-6-8-12-17(15)24-23(29)30-4-2/h6-13,27H,3-5,14H2,1-2H3,(H,24,29). The summed E-state index contributed by atoms with van der Waals surface area (Å²) < 4.78 is 6.40. The van der Waals surface area contributed by atoms with E-state index in [1.165, 1.54) is 16.7 Å². The summed E-state index contributed by atoms with van der Waals surface area (Å²) in [6, 6.07) is 13.2. The number of nitrogens with one attached hydrogen (secondary N) is 1. The van der Waals surface area contributed by atoms with Gasteiger partial charge in [-0.25, -0.2) is 4.79 Å². The average molecular weight is 408 g/mol. The van der Waals surface area contributed by atoms with E-state index in [9.17, 15) is 19.5 Å². The van der Waals surface area contributed by atoms with Crippen LogP contribution in [0.15, 0.2) is 53.3 Å². The number of rotatable bonds is 7. The van der Waals surface area contributed by atoms with Crippen LogP contribution in [-0.4, -0.2) is 28.2 Å². The number of aromatic nitrogens is 1. The van der Waals surface area contributed by atoms with Crippen molar-refractivity contribution in [2.24, 2.45) is 0 Å². The molecule has 0 unspecified atom stereocenters. The van der Waals surface area contributed by atoms with Gasteiger partial charge in [-0.2, -0.15) is 0 Å². The first-order chi connectivity index (χ1) is 14.5. The van der Waals surface area contributed by atoms with Gasteiger partial charge in [0.05, 0.1) is 17.8 Å². The van der Waals surface area contributed by atoms with Gasteiger partial charge in [0.15, 0.2) is 0 Å². The SMILES string of the molecule is CCCCn1c(=O)c(C(=O)c2ccccc2NC(=O)OCC)c(O)c2ccccc21. The highest BCUT2D eigenvalue weighted by atomic mass is 16.5. The van der Waals surface area contributed by atoms with E-state index in [4.69, 9.17) is 4.74 Å². The first-order valence-electron chi connectivity index (χ1n) is 9.91. The number of aromatic hydroxyl groups is 1. The number of nitrogens with zero attached hydrogens (tertiary/aromatic N) is 1. The third-order valence-electron chi connectivity index (χ3n) is 4.79. The van der Waals surface area contributed by atoms with Crippen LogP contribution in [0.5, 0.6) is 5.75 Å². The summed E-state index contributed by atoms with van der Waals surface area (Å²) >= 11 is 0. The van der Waals surface area contributed by atoms with Gasteiger partial charge in [0.2, 0.25) is 5.78 Å². The van der Waals surface area contributed by atoms with Crippen molar-refractivity contribution in [3.63, 3.8) is 0 Å². The van der Waals surface area contributed by atoms with Crippen LogP contribution in [0, 0.1) is 0 Å². The highest BCUT2D eigenvalue weighted by Crippen LogP contribution is 2.29. The van der Waals surface area contributed by atoms with Crippen molar-refractivity contribution in [1.82, 2.24) is 4.57 Å². The van der Waals surface area contributed by atoms with E-state index in [0.29, 0.717) is 17.4 Å². The number of ether oxygens (including phenoxy) is 1. The van der Waals surface area contributed by atoms with Crippen molar-refractivity contribution in [3.8, 4) is 5.75 Å². The zero-order chi connectivity index (χ0) is 21.7. The minimum Gasteiger partial charge on any atom is -0.506 e. The van der Waals surface area contributed by atoms with Gasteiger partial charge in [0.1, 0.15) is 11.3 Å². The van der Waals surface area contributed by atoms with Crippen LogP contribution in [0.2, 0.25) is 0 Å². The first-order valence-corrected chi connectivity index (χ1v) is 9.91. The van der Waals surface area contributed by atoms with Crippen molar-refractivity contribution in [3.05, 3.63) is 70.0 Å². The molecule has 0 spiro atoms. The summed E-state index contributed by atoms with van der Waals surface area (Å²) in [7, 11) is 0. The van der Waals surface area contributed by atoms with Crippen molar-refractivity contribution in [1.29, 1.82) is 0 Å². The molecule has 0 bridgehead atoms. The maximum absolute atomic E-state index is 13.4. The van der Waals surface area contributed by atoms with Crippen molar-refractivity contribution < 1.29 is 19.4 Å². The van der Waals surface area contributed by atoms with E-state index in [0.717, 1.165) is 12.8 Å². The Bertz CT molecular complexity index is 1150. The molecule has 0 aliphatic carbocycles. The van der Waals surface area contributed by atoms with Crippen LogP contribution < -0.4 is 10.9 Å². The Morgan fingerprint density at radius 1 is 1.07 bits per heavy atom. The lowest BCUT2D eigenvalue weighted by atomic mass is 9.99. The summed E-state index contributed by atoms with van der Waals surface area (Å²) in [5.74, 6) is -1.03. The van der Waals surface area contributed by atoms with Gasteiger partial charge in [0.25, 0.3) is 5.56 Å². The third-order valence-corrected chi connectivity index (χ3v) is 4.79. The molecule has 1 aromatic heterocycles. The number of benzene rings is 2. The first kappa shape index (κ1) is 21.1. The lowest BCUT2D eigenvalue weighted by Crippen LogP contribution is -2.28. The molecular weight excluding hydrogens is 384 g/mol. The number of carbonyl (C=O) groups excluding carboxylic acids is 2. The van der Waals surface area contributed by atoms with Crippen molar-refractivity contribution in [2.75, 3.05) is 11.9 Å². The number of amides is 1. The molecule has 1 heterocycles. The lowest BCUT2D eigenvalue weighted by Gasteiger charge is -2.15. The molecule has 7 nitrogen and oxygen atoms in total. The fourth-order valence-electron chi connectivity index (χ4n) is 3.33. The molecule has 0 saturated carbocycles. The molecule has 30 heavy (non-hydrogen) atoms. The second-order valence-corrected chi connectivity index (χ2v) is 6.77. The van der Waals surface area contributed by atoms with Gasteiger partial charge in [-0.3, -0.25) is 14.9 Å². The average Bonchev–Trinajstić information content (AvgIpc) is 2.74. The van der Waals surface area contributed by atoms with E-state index in [-0.39, 0.29) is 29.2 Å². The number of ketones is 1. The van der Waals surface area contributed by atoms with E-state index < -0.39 is 17.4 Å². The number of unbranched alkanes of at least 4 members (excludes halogenated alkanes) is 1. The van der Waals surface area contributed by atoms with E-state index in [1.807, 2.05) is 6.92 Å². The Hall–Kier alpha value is -3.61. The third kappa shape index (κ3) is 4.05. The lowest BCUT2D eigenvalue weighted by molar-refractivity contribution is 0.103. The number of para-hydroxylation sites is 2. The Balaban J connectivity index is 2.17. The summed E-state index contributed by atoms with van der Waals surface area (Å²) in [6.45, 7) is 4.29. The number of pyridine rings is 1. The van der Waals surface area contributed by atoms with Gasteiger partial charge >= 0.3 is 6.09 Å². The van der Waals surface area contributed by atoms with Crippen molar-refractivity contribution >= 4 is 28.5 Å². The molecule has 1 amide bonds.